The summed E-state index contributed by atoms with van der Waals surface area (Å²) in [4.78, 5) is 16.0. The van der Waals surface area contributed by atoms with Crippen LogP contribution >= 0.6 is 22.9 Å². The molecule has 1 N–H and O–H groups in total. The molecule has 0 saturated heterocycles. The molecule has 0 aliphatic rings. The normalized spacial score (nSPS) is 10.2. The van der Waals surface area contributed by atoms with E-state index in [9.17, 15) is 4.79 Å². The summed E-state index contributed by atoms with van der Waals surface area (Å²) in [6.07, 6.45) is 1.64. The molecule has 2 aromatic heterocycles. The third-order valence-corrected chi connectivity index (χ3v) is 3.18. The molecule has 4 nitrogen and oxygen atoms in total. The largest absolute Gasteiger partial charge is 0.476 e. The van der Waals surface area contributed by atoms with Crippen LogP contribution in [0.25, 0.3) is 9.75 Å². The van der Waals surface area contributed by atoms with E-state index in [1.54, 1.807) is 12.3 Å². The molecule has 0 aromatic carbocycles. The highest BCUT2D eigenvalue weighted by molar-refractivity contribution is 7.18. The third kappa shape index (κ3) is 1.45. The van der Waals surface area contributed by atoms with Gasteiger partial charge in [0.1, 0.15) is 0 Å². The number of hydrogen-bond acceptors (Lipinski definition) is 5. The highest BCUT2D eigenvalue weighted by Gasteiger charge is 2.15. The second-order valence-corrected chi connectivity index (χ2v) is 3.90. The van der Waals surface area contributed by atoms with Crippen molar-refractivity contribution in [2.75, 3.05) is 0 Å². The fourth-order valence-electron chi connectivity index (χ4n) is 0.906. The summed E-state index contributed by atoms with van der Waals surface area (Å²) in [5, 5.41) is 8.78. The molecule has 0 aliphatic carbocycles. The molecule has 0 aliphatic heterocycles. The number of carbonyl (C=O) groups is 1. The molecule has 0 fully saturated rings. The molecule has 6 heteroatoms. The molecule has 0 bridgehead atoms. The second kappa shape index (κ2) is 3.23. The van der Waals surface area contributed by atoms with Crippen molar-refractivity contribution >= 4 is 28.8 Å². The fraction of sp³-hybridized carbons (Fsp3) is 0. The first-order valence-corrected chi connectivity index (χ1v) is 5.02. The van der Waals surface area contributed by atoms with E-state index in [0.29, 0.717) is 4.88 Å². The van der Waals surface area contributed by atoms with Gasteiger partial charge in [-0.25, -0.2) is 14.2 Å². The topological polar surface area (TPSA) is 63.1 Å². The molecule has 0 radical (unpaired) electrons. The summed E-state index contributed by atoms with van der Waals surface area (Å²) in [5.74, 6) is -0.996. The van der Waals surface area contributed by atoms with Crippen LogP contribution in [0.15, 0.2) is 17.8 Å². The number of carboxylic acid groups (broad SMARTS) is 1. The van der Waals surface area contributed by atoms with Gasteiger partial charge in [-0.2, -0.15) is 0 Å². The number of thiazole rings is 1. The van der Waals surface area contributed by atoms with Crippen LogP contribution in [0.5, 0.6) is 0 Å². The predicted octanol–water partition coefficient (Wildman–Crippen LogP) is 1.96. The smallest absolute Gasteiger partial charge is 0.356 e. The molecule has 0 atom stereocenters. The number of aromatic nitrogens is 2. The minimum Gasteiger partial charge on any atom is -0.476 e. The van der Waals surface area contributed by atoms with Crippen LogP contribution < -0.4 is 0 Å². The van der Waals surface area contributed by atoms with E-state index in [1.165, 1.54) is 28.4 Å². The van der Waals surface area contributed by atoms with Crippen molar-refractivity contribution in [2.24, 2.45) is 0 Å². The van der Waals surface area contributed by atoms with Gasteiger partial charge in [0.25, 0.3) is 0 Å². The van der Waals surface area contributed by atoms with Crippen LogP contribution in [-0.4, -0.2) is 20.4 Å². The number of nitrogens with zero attached hydrogens (tertiary/aromatic N) is 2. The maximum atomic E-state index is 10.7. The molecule has 0 amide bonds. The van der Waals surface area contributed by atoms with E-state index in [4.69, 9.17) is 5.11 Å². The number of carboxylic acids is 1. The molecular weight excluding hydrogens is 208 g/mol. The fourth-order valence-corrected chi connectivity index (χ4v) is 2.40. The van der Waals surface area contributed by atoms with E-state index >= 15 is 0 Å². The van der Waals surface area contributed by atoms with Gasteiger partial charge in [-0.1, -0.05) is 0 Å². The minimum absolute atomic E-state index is 0.106. The zero-order valence-corrected chi connectivity index (χ0v) is 7.93. The Morgan fingerprint density at radius 1 is 1.54 bits per heavy atom. The lowest BCUT2D eigenvalue weighted by atomic mass is 10.3. The molecule has 2 rings (SSSR count). The van der Waals surface area contributed by atoms with Crippen LogP contribution in [0.4, 0.5) is 0 Å². The maximum absolute atomic E-state index is 10.7. The summed E-state index contributed by atoms with van der Waals surface area (Å²) >= 11 is 2.58. The summed E-state index contributed by atoms with van der Waals surface area (Å²) < 4.78 is 3.91. The summed E-state index contributed by atoms with van der Waals surface area (Å²) in [6, 6.07) is 1.78. The lowest BCUT2D eigenvalue weighted by Crippen LogP contribution is -1.97. The Morgan fingerprint density at radius 3 is 3.00 bits per heavy atom. The molecule has 0 unspecified atom stereocenters. The van der Waals surface area contributed by atoms with Crippen LogP contribution in [0.3, 0.4) is 0 Å². The van der Waals surface area contributed by atoms with Crippen molar-refractivity contribution in [1.82, 2.24) is 9.36 Å². The number of hydrogen-bond donors (Lipinski definition) is 1. The van der Waals surface area contributed by atoms with Gasteiger partial charge in [-0.15, -0.1) is 11.3 Å². The SMILES string of the molecule is O=C(O)c1ncsc1-c1ccns1. The Kier molecular flexibility index (Phi) is 2.07. The van der Waals surface area contributed by atoms with Gasteiger partial charge in [0, 0.05) is 6.20 Å². The molecule has 0 spiro atoms. The number of aromatic carboxylic acids is 1. The van der Waals surface area contributed by atoms with Gasteiger partial charge >= 0.3 is 5.97 Å². The average Bonchev–Trinajstić information content (AvgIpc) is 2.74. The predicted molar refractivity (Wildman–Crippen MR) is 50.2 cm³/mol. The highest BCUT2D eigenvalue weighted by atomic mass is 32.1. The first kappa shape index (κ1) is 8.33. The Balaban J connectivity index is 2.52. The molecule has 66 valence electrons. The first-order chi connectivity index (χ1) is 6.29. The Bertz CT molecular complexity index is 421. The van der Waals surface area contributed by atoms with Gasteiger partial charge < -0.3 is 5.11 Å². The summed E-state index contributed by atoms with van der Waals surface area (Å²) in [6.45, 7) is 0. The molecular formula is C7H4N2O2S2. The zero-order chi connectivity index (χ0) is 9.26. The van der Waals surface area contributed by atoms with Crippen LogP contribution in [0, 0.1) is 0 Å². The molecule has 0 saturated carbocycles. The van der Waals surface area contributed by atoms with Crippen molar-refractivity contribution in [3.05, 3.63) is 23.5 Å². The summed E-state index contributed by atoms with van der Waals surface area (Å²) in [5.41, 5.74) is 1.63. The van der Waals surface area contributed by atoms with Crippen LogP contribution in [-0.2, 0) is 0 Å². The van der Waals surface area contributed by atoms with E-state index in [0.717, 1.165) is 4.88 Å². The molecule has 2 heterocycles. The van der Waals surface area contributed by atoms with Gasteiger partial charge in [0.15, 0.2) is 5.69 Å². The van der Waals surface area contributed by atoms with Crippen LogP contribution in [0.2, 0.25) is 0 Å². The van der Waals surface area contributed by atoms with Gasteiger partial charge in [-0.05, 0) is 17.6 Å². The van der Waals surface area contributed by atoms with Gasteiger partial charge in [-0.3, -0.25) is 0 Å². The van der Waals surface area contributed by atoms with Crippen LogP contribution in [0.1, 0.15) is 10.5 Å². The first-order valence-electron chi connectivity index (χ1n) is 3.37. The van der Waals surface area contributed by atoms with E-state index < -0.39 is 5.97 Å². The standard InChI is InChI=1S/C7H4N2O2S2/c10-7(11)5-6(12-3-8-5)4-1-2-9-13-4/h1-3H,(H,10,11). The monoisotopic (exact) mass is 212 g/mol. The number of rotatable bonds is 2. The molecule has 13 heavy (non-hydrogen) atoms. The zero-order valence-electron chi connectivity index (χ0n) is 6.30. The van der Waals surface area contributed by atoms with Gasteiger partial charge in [0.2, 0.25) is 0 Å². The molecule has 2 aromatic rings. The third-order valence-electron chi connectivity index (χ3n) is 1.43. The minimum atomic E-state index is -0.996. The lowest BCUT2D eigenvalue weighted by molar-refractivity contribution is 0.0692. The van der Waals surface area contributed by atoms with Crippen molar-refractivity contribution in [3.63, 3.8) is 0 Å². The Hall–Kier alpha value is -1.27. The Morgan fingerprint density at radius 2 is 2.38 bits per heavy atom. The van der Waals surface area contributed by atoms with Crippen molar-refractivity contribution in [1.29, 1.82) is 0 Å². The summed E-state index contributed by atoms with van der Waals surface area (Å²) in [7, 11) is 0. The van der Waals surface area contributed by atoms with E-state index in [1.807, 2.05) is 0 Å². The quantitative estimate of drug-likeness (QED) is 0.826. The van der Waals surface area contributed by atoms with Crippen molar-refractivity contribution in [3.8, 4) is 9.75 Å². The maximum Gasteiger partial charge on any atom is 0.356 e. The Labute approximate surface area is 81.7 Å². The van der Waals surface area contributed by atoms with Crippen molar-refractivity contribution < 1.29 is 9.90 Å². The van der Waals surface area contributed by atoms with E-state index in [2.05, 4.69) is 9.36 Å². The highest BCUT2D eigenvalue weighted by Crippen LogP contribution is 2.29. The lowest BCUT2D eigenvalue weighted by Gasteiger charge is -1.91. The van der Waals surface area contributed by atoms with Crippen molar-refractivity contribution in [2.45, 2.75) is 0 Å². The second-order valence-electron chi connectivity index (χ2n) is 2.21. The van der Waals surface area contributed by atoms with Gasteiger partial charge in [0.05, 0.1) is 15.3 Å². The van der Waals surface area contributed by atoms with E-state index in [-0.39, 0.29) is 5.69 Å². The average molecular weight is 212 g/mol.